The van der Waals surface area contributed by atoms with E-state index in [9.17, 15) is 9.59 Å². The summed E-state index contributed by atoms with van der Waals surface area (Å²) in [5, 5.41) is 3.07. The number of nitrogens with one attached hydrogen (secondary N) is 1. The van der Waals surface area contributed by atoms with Gasteiger partial charge in [0, 0.05) is 26.8 Å². The number of ether oxygens (including phenoxy) is 1. The van der Waals surface area contributed by atoms with Gasteiger partial charge in [0.05, 0.1) is 22.0 Å². The predicted octanol–water partition coefficient (Wildman–Crippen LogP) is 2.34. The summed E-state index contributed by atoms with van der Waals surface area (Å²) in [5.74, 6) is -0.542. The molecule has 0 atom stereocenters. The summed E-state index contributed by atoms with van der Waals surface area (Å²) in [6, 6.07) is 3.35. The zero-order chi connectivity index (χ0) is 15.0. The molecule has 0 spiro atoms. The highest BCUT2D eigenvalue weighted by Gasteiger charge is 2.29. The molecule has 5 nitrogen and oxygen atoms in total. The first kappa shape index (κ1) is 14.4. The van der Waals surface area contributed by atoms with Crippen molar-refractivity contribution in [3.8, 4) is 0 Å². The first-order valence-electron chi connectivity index (χ1n) is 7.04. The number of carbonyl (C=O) groups excluding carboxylic acids is 2. The maximum absolute atomic E-state index is 11.6. The van der Waals surface area contributed by atoms with Crippen LogP contribution in [0.15, 0.2) is 12.1 Å². The van der Waals surface area contributed by atoms with E-state index in [1.54, 1.807) is 12.1 Å². The van der Waals surface area contributed by atoms with Crippen LogP contribution in [0.1, 0.15) is 23.2 Å². The lowest BCUT2D eigenvalue weighted by molar-refractivity contribution is -0.112. The Hall–Kier alpha value is -1.59. The minimum absolute atomic E-state index is 0.355. The molecule has 21 heavy (non-hydrogen) atoms. The summed E-state index contributed by atoms with van der Waals surface area (Å²) in [4.78, 5) is 25.1. The van der Waals surface area contributed by atoms with Crippen LogP contribution in [-0.2, 0) is 9.53 Å². The van der Waals surface area contributed by atoms with Crippen molar-refractivity contribution in [3.63, 3.8) is 0 Å². The van der Waals surface area contributed by atoms with Gasteiger partial charge in [0.15, 0.2) is 0 Å². The fraction of sp³-hybridized carbons (Fsp3) is 0.467. The summed E-state index contributed by atoms with van der Waals surface area (Å²) in [7, 11) is 1.97. The number of rotatable bonds is 3. The molecule has 1 aromatic carbocycles. The molecule has 0 bridgehead atoms. The average molecular weight is 309 g/mol. The number of halogens is 1. The van der Waals surface area contributed by atoms with E-state index in [1.807, 2.05) is 7.05 Å². The fourth-order valence-corrected chi connectivity index (χ4v) is 3.17. The van der Waals surface area contributed by atoms with Gasteiger partial charge in [-0.2, -0.15) is 0 Å². The van der Waals surface area contributed by atoms with Crippen molar-refractivity contribution in [2.75, 3.05) is 37.0 Å². The molecule has 0 unspecified atom stereocenters. The lowest BCUT2D eigenvalue weighted by atomic mass is 9.99. The topological polar surface area (TPSA) is 58.6 Å². The molecule has 1 N–H and O–H groups in total. The molecule has 1 saturated heterocycles. The van der Waals surface area contributed by atoms with Crippen molar-refractivity contribution in [2.45, 2.75) is 12.8 Å². The number of Topliss-reactive ketones (excluding diaryl/α,β-unsaturated/α-hetero) is 1. The Labute approximate surface area is 128 Å². The fourth-order valence-electron chi connectivity index (χ4n) is 2.86. The molecule has 0 radical (unpaired) electrons. The molecular weight excluding hydrogens is 292 g/mol. The van der Waals surface area contributed by atoms with Crippen LogP contribution in [0.2, 0.25) is 5.02 Å². The van der Waals surface area contributed by atoms with E-state index >= 15 is 0 Å². The van der Waals surface area contributed by atoms with Gasteiger partial charge in [-0.05, 0) is 30.9 Å². The average Bonchev–Trinajstić information content (AvgIpc) is 2.74. The number of carbonyl (C=O) groups is 2. The normalized spacial score (nSPS) is 18.6. The SMILES string of the molecule is CN(CC1CCOCC1)c1cc2c(cc1Cl)C(=O)C(=O)N2. The summed E-state index contributed by atoms with van der Waals surface area (Å²) < 4.78 is 5.37. The Morgan fingerprint density at radius 2 is 2.05 bits per heavy atom. The summed E-state index contributed by atoms with van der Waals surface area (Å²) >= 11 is 6.28. The maximum Gasteiger partial charge on any atom is 0.296 e. The maximum atomic E-state index is 11.6. The summed E-state index contributed by atoms with van der Waals surface area (Å²) in [5.41, 5.74) is 1.73. The van der Waals surface area contributed by atoms with E-state index in [0.717, 1.165) is 38.3 Å². The Balaban J connectivity index is 1.80. The minimum atomic E-state index is -0.592. The smallest absolute Gasteiger partial charge is 0.296 e. The number of benzene rings is 1. The summed E-state index contributed by atoms with van der Waals surface area (Å²) in [6.07, 6.45) is 2.09. The van der Waals surface area contributed by atoms with E-state index in [4.69, 9.17) is 16.3 Å². The Morgan fingerprint density at radius 3 is 2.76 bits per heavy atom. The number of fused-ring (bicyclic) bond motifs is 1. The number of hydrogen-bond donors (Lipinski definition) is 1. The lowest BCUT2D eigenvalue weighted by Crippen LogP contribution is -2.29. The van der Waals surface area contributed by atoms with Crippen molar-refractivity contribution in [1.82, 2.24) is 0 Å². The Morgan fingerprint density at radius 1 is 1.33 bits per heavy atom. The third kappa shape index (κ3) is 2.76. The van der Waals surface area contributed by atoms with E-state index in [2.05, 4.69) is 10.2 Å². The number of amides is 1. The van der Waals surface area contributed by atoms with Crippen LogP contribution >= 0.6 is 11.6 Å². The van der Waals surface area contributed by atoms with E-state index in [-0.39, 0.29) is 0 Å². The quantitative estimate of drug-likeness (QED) is 0.871. The van der Waals surface area contributed by atoms with Crippen LogP contribution in [0.5, 0.6) is 0 Å². The van der Waals surface area contributed by atoms with Gasteiger partial charge >= 0.3 is 0 Å². The Kier molecular flexibility index (Phi) is 3.87. The second-order valence-corrected chi connectivity index (χ2v) is 5.98. The molecule has 1 aromatic rings. The molecule has 2 aliphatic rings. The summed E-state index contributed by atoms with van der Waals surface area (Å²) in [6.45, 7) is 2.49. The monoisotopic (exact) mass is 308 g/mol. The molecule has 0 aliphatic carbocycles. The van der Waals surface area contributed by atoms with Crippen LogP contribution in [-0.4, -0.2) is 38.5 Å². The first-order chi connectivity index (χ1) is 10.1. The standard InChI is InChI=1S/C15H17ClN2O3/c1-18(8-9-2-4-21-5-3-9)13-7-12-10(6-11(13)16)14(19)15(20)17-12/h6-7,9H,2-5,8H2,1H3,(H,17,19,20). The largest absolute Gasteiger partial charge is 0.381 e. The lowest BCUT2D eigenvalue weighted by Gasteiger charge is -2.29. The molecule has 6 heteroatoms. The van der Waals surface area contributed by atoms with Gasteiger partial charge in [0.2, 0.25) is 0 Å². The molecule has 2 heterocycles. The predicted molar refractivity (Wildman–Crippen MR) is 81.2 cm³/mol. The van der Waals surface area contributed by atoms with E-state index in [0.29, 0.717) is 22.2 Å². The van der Waals surface area contributed by atoms with Crippen LogP contribution in [0.25, 0.3) is 0 Å². The number of ketones is 1. The molecule has 0 saturated carbocycles. The van der Waals surface area contributed by atoms with Gasteiger partial charge in [-0.15, -0.1) is 0 Å². The third-order valence-corrected chi connectivity index (χ3v) is 4.37. The number of hydrogen-bond acceptors (Lipinski definition) is 4. The van der Waals surface area contributed by atoms with Crippen LogP contribution in [0, 0.1) is 5.92 Å². The molecule has 3 rings (SSSR count). The third-order valence-electron chi connectivity index (χ3n) is 4.07. The van der Waals surface area contributed by atoms with Crippen molar-refractivity contribution >= 4 is 34.7 Å². The van der Waals surface area contributed by atoms with Gasteiger partial charge < -0.3 is 15.0 Å². The van der Waals surface area contributed by atoms with Gasteiger partial charge in [-0.3, -0.25) is 9.59 Å². The van der Waals surface area contributed by atoms with Gasteiger partial charge in [0.1, 0.15) is 0 Å². The molecule has 1 fully saturated rings. The van der Waals surface area contributed by atoms with Gasteiger partial charge in [-0.1, -0.05) is 11.6 Å². The van der Waals surface area contributed by atoms with Crippen molar-refractivity contribution < 1.29 is 14.3 Å². The molecule has 0 aromatic heterocycles. The van der Waals surface area contributed by atoms with E-state index in [1.165, 1.54) is 0 Å². The van der Waals surface area contributed by atoms with E-state index < -0.39 is 11.7 Å². The van der Waals surface area contributed by atoms with Gasteiger partial charge in [0.25, 0.3) is 11.7 Å². The second kappa shape index (κ2) is 5.66. The highest BCUT2D eigenvalue weighted by Crippen LogP contribution is 2.35. The second-order valence-electron chi connectivity index (χ2n) is 5.57. The van der Waals surface area contributed by atoms with Gasteiger partial charge in [-0.25, -0.2) is 0 Å². The highest BCUT2D eigenvalue weighted by atomic mass is 35.5. The minimum Gasteiger partial charge on any atom is -0.381 e. The molecule has 112 valence electrons. The Bertz CT molecular complexity index is 597. The highest BCUT2D eigenvalue weighted by molar-refractivity contribution is 6.52. The van der Waals surface area contributed by atoms with Crippen LogP contribution in [0.3, 0.4) is 0 Å². The van der Waals surface area contributed by atoms with Crippen molar-refractivity contribution in [3.05, 3.63) is 22.7 Å². The molecular formula is C15H17ClN2O3. The zero-order valence-electron chi connectivity index (χ0n) is 11.8. The molecule has 2 aliphatic heterocycles. The zero-order valence-corrected chi connectivity index (χ0v) is 12.6. The molecule has 1 amide bonds. The van der Waals surface area contributed by atoms with Crippen LogP contribution in [0.4, 0.5) is 11.4 Å². The number of nitrogens with zero attached hydrogens (tertiary/aromatic N) is 1. The van der Waals surface area contributed by atoms with Crippen molar-refractivity contribution in [1.29, 1.82) is 0 Å². The number of anilines is 2. The first-order valence-corrected chi connectivity index (χ1v) is 7.42. The van der Waals surface area contributed by atoms with Crippen LogP contribution < -0.4 is 10.2 Å². The van der Waals surface area contributed by atoms with Crippen molar-refractivity contribution in [2.24, 2.45) is 5.92 Å².